The van der Waals surface area contributed by atoms with E-state index in [4.69, 9.17) is 4.74 Å². The molecule has 174 valence electrons. The van der Waals surface area contributed by atoms with E-state index in [1.54, 1.807) is 43.8 Å². The van der Waals surface area contributed by atoms with Crippen LogP contribution in [0.25, 0.3) is 10.9 Å². The van der Waals surface area contributed by atoms with Gasteiger partial charge in [-0.25, -0.2) is 9.78 Å². The Labute approximate surface area is 200 Å². The number of hydrogen-bond acceptors (Lipinski definition) is 7. The van der Waals surface area contributed by atoms with Gasteiger partial charge in [-0.1, -0.05) is 18.2 Å². The molecule has 0 aliphatic heterocycles. The largest absolute Gasteiger partial charge is 0.495 e. The quantitative estimate of drug-likeness (QED) is 0.214. The van der Waals surface area contributed by atoms with Gasteiger partial charge in [-0.3, -0.25) is 5.10 Å². The third-order valence-corrected chi connectivity index (χ3v) is 5.11. The van der Waals surface area contributed by atoms with E-state index in [2.05, 4.69) is 41.4 Å². The highest BCUT2D eigenvalue weighted by atomic mass is 16.5. The number of nitrogens with zero attached hydrogens (tertiary/aromatic N) is 3. The van der Waals surface area contributed by atoms with E-state index in [-0.39, 0.29) is 6.03 Å². The first-order valence-corrected chi connectivity index (χ1v) is 10.8. The fourth-order valence-corrected chi connectivity index (χ4v) is 3.47. The monoisotopic (exact) mass is 466 g/mol. The maximum atomic E-state index is 12.4. The van der Waals surface area contributed by atoms with Crippen LogP contribution < -0.4 is 26.0 Å². The number of carbonyl (C=O) groups is 1. The normalized spacial score (nSPS) is 10.5. The summed E-state index contributed by atoms with van der Waals surface area (Å²) in [6.07, 6.45) is 3.42. The molecule has 0 spiro atoms. The number of hydrogen-bond donors (Lipinski definition) is 5. The molecule has 0 aliphatic rings. The van der Waals surface area contributed by atoms with E-state index >= 15 is 0 Å². The molecule has 10 heteroatoms. The SMILES string of the molecule is COc1ccc(NC(=O)Nc2ccccc2)cc1Nc1nccc(Nc2ccc3cn[nH]c3c2)n1. The van der Waals surface area contributed by atoms with Crippen molar-refractivity contribution in [3.8, 4) is 5.75 Å². The summed E-state index contributed by atoms with van der Waals surface area (Å²) in [6.45, 7) is 0. The van der Waals surface area contributed by atoms with Crippen LogP contribution >= 0.6 is 0 Å². The van der Waals surface area contributed by atoms with Gasteiger partial charge in [0.15, 0.2) is 0 Å². The molecule has 0 saturated heterocycles. The van der Waals surface area contributed by atoms with Crippen LogP contribution in [0, 0.1) is 0 Å². The summed E-state index contributed by atoms with van der Waals surface area (Å²) < 4.78 is 5.46. The average molecular weight is 467 g/mol. The molecule has 2 amide bonds. The van der Waals surface area contributed by atoms with Crippen molar-refractivity contribution in [2.24, 2.45) is 0 Å². The van der Waals surface area contributed by atoms with Crippen LogP contribution in [0.5, 0.6) is 5.75 Å². The third-order valence-electron chi connectivity index (χ3n) is 5.11. The summed E-state index contributed by atoms with van der Waals surface area (Å²) in [4.78, 5) is 21.2. The summed E-state index contributed by atoms with van der Waals surface area (Å²) in [7, 11) is 1.57. The molecule has 0 aliphatic carbocycles. The molecule has 0 saturated carbocycles. The maximum absolute atomic E-state index is 12.4. The molecule has 0 bridgehead atoms. The Morgan fingerprint density at radius 2 is 1.71 bits per heavy atom. The Balaban J connectivity index is 1.31. The predicted octanol–water partition coefficient (Wildman–Crippen LogP) is 5.49. The van der Waals surface area contributed by atoms with Gasteiger partial charge in [0.1, 0.15) is 11.6 Å². The number of para-hydroxylation sites is 1. The number of methoxy groups -OCH3 is 1. The summed E-state index contributed by atoms with van der Waals surface area (Å²) in [6, 6.07) is 21.7. The summed E-state index contributed by atoms with van der Waals surface area (Å²) in [5.74, 6) is 1.55. The Hall–Kier alpha value is -5.12. The van der Waals surface area contributed by atoms with Crippen molar-refractivity contribution >= 4 is 51.4 Å². The lowest BCUT2D eigenvalue weighted by Crippen LogP contribution is -2.19. The van der Waals surface area contributed by atoms with Crippen molar-refractivity contribution in [3.05, 3.63) is 85.2 Å². The van der Waals surface area contributed by atoms with E-state index in [9.17, 15) is 4.79 Å². The van der Waals surface area contributed by atoms with E-state index < -0.39 is 0 Å². The van der Waals surface area contributed by atoms with Gasteiger partial charge < -0.3 is 26.0 Å². The molecular weight excluding hydrogens is 444 g/mol. The Morgan fingerprint density at radius 1 is 0.886 bits per heavy atom. The molecule has 2 aromatic heterocycles. The Bertz CT molecular complexity index is 1470. The van der Waals surface area contributed by atoms with Crippen molar-refractivity contribution in [3.63, 3.8) is 0 Å². The van der Waals surface area contributed by atoms with Gasteiger partial charge in [-0.05, 0) is 54.6 Å². The number of urea groups is 1. The summed E-state index contributed by atoms with van der Waals surface area (Å²) in [5.41, 5.74) is 3.65. The third kappa shape index (κ3) is 5.28. The van der Waals surface area contributed by atoms with Gasteiger partial charge in [0.2, 0.25) is 5.95 Å². The van der Waals surface area contributed by atoms with E-state index in [0.29, 0.717) is 34.6 Å². The van der Waals surface area contributed by atoms with Crippen LogP contribution in [0.4, 0.5) is 39.3 Å². The van der Waals surface area contributed by atoms with E-state index in [0.717, 1.165) is 16.6 Å². The van der Waals surface area contributed by atoms with Crippen molar-refractivity contribution in [1.29, 1.82) is 0 Å². The van der Waals surface area contributed by atoms with Crippen molar-refractivity contribution < 1.29 is 9.53 Å². The topological polar surface area (TPSA) is 129 Å². The standard InChI is InChI=1S/C25H22N8O2/c1-35-22-10-9-19(30-25(34)29-17-5-3-2-4-6-17)14-21(22)31-24-26-12-11-23(32-24)28-18-8-7-16-15-27-33-20(16)13-18/h2-15H,1H3,(H,27,33)(H2,29,30,34)(H2,26,28,31,32). The molecule has 0 fully saturated rings. The number of rotatable bonds is 7. The predicted molar refractivity (Wildman–Crippen MR) is 137 cm³/mol. The second kappa shape index (κ2) is 9.79. The summed E-state index contributed by atoms with van der Waals surface area (Å²) >= 11 is 0. The first-order chi connectivity index (χ1) is 17.2. The number of nitrogens with one attached hydrogen (secondary N) is 5. The molecule has 0 radical (unpaired) electrons. The highest BCUT2D eigenvalue weighted by molar-refractivity contribution is 6.00. The molecule has 3 aromatic carbocycles. The number of amides is 2. The van der Waals surface area contributed by atoms with Gasteiger partial charge in [0, 0.05) is 28.6 Å². The van der Waals surface area contributed by atoms with Crippen LogP contribution in [0.15, 0.2) is 85.2 Å². The zero-order valence-electron chi connectivity index (χ0n) is 18.7. The number of anilines is 6. The number of aromatic amines is 1. The fraction of sp³-hybridized carbons (Fsp3) is 0.0400. The lowest BCUT2D eigenvalue weighted by Gasteiger charge is -2.14. The minimum Gasteiger partial charge on any atom is -0.495 e. The molecule has 35 heavy (non-hydrogen) atoms. The number of carbonyl (C=O) groups excluding carboxylic acids is 1. The fourth-order valence-electron chi connectivity index (χ4n) is 3.47. The first kappa shape index (κ1) is 21.7. The van der Waals surface area contributed by atoms with Gasteiger partial charge in [0.25, 0.3) is 0 Å². The number of H-pyrrole nitrogens is 1. The van der Waals surface area contributed by atoms with Crippen LogP contribution in [-0.2, 0) is 0 Å². The second-order valence-electron chi connectivity index (χ2n) is 7.55. The molecule has 5 N–H and O–H groups in total. The number of benzene rings is 3. The number of ether oxygens (including phenoxy) is 1. The Morgan fingerprint density at radius 3 is 2.57 bits per heavy atom. The van der Waals surface area contributed by atoms with Gasteiger partial charge in [-0.15, -0.1) is 0 Å². The molecule has 2 heterocycles. The maximum Gasteiger partial charge on any atom is 0.323 e. The minimum atomic E-state index is -0.357. The molecule has 10 nitrogen and oxygen atoms in total. The molecule has 5 rings (SSSR count). The van der Waals surface area contributed by atoms with Crippen molar-refractivity contribution in [2.75, 3.05) is 28.4 Å². The zero-order valence-corrected chi connectivity index (χ0v) is 18.7. The summed E-state index contributed by atoms with van der Waals surface area (Å²) in [5, 5.41) is 20.1. The van der Waals surface area contributed by atoms with E-state index in [1.165, 1.54) is 0 Å². The lowest BCUT2D eigenvalue weighted by molar-refractivity contribution is 0.262. The number of fused-ring (bicyclic) bond motifs is 1. The zero-order chi connectivity index (χ0) is 24.0. The smallest absolute Gasteiger partial charge is 0.323 e. The van der Waals surface area contributed by atoms with Gasteiger partial charge >= 0.3 is 6.03 Å². The molecule has 0 unspecified atom stereocenters. The number of aromatic nitrogens is 4. The highest BCUT2D eigenvalue weighted by Gasteiger charge is 2.10. The van der Waals surface area contributed by atoms with Crippen molar-refractivity contribution in [2.45, 2.75) is 0 Å². The second-order valence-corrected chi connectivity index (χ2v) is 7.55. The van der Waals surface area contributed by atoms with Crippen LogP contribution in [0.2, 0.25) is 0 Å². The van der Waals surface area contributed by atoms with Crippen LogP contribution in [-0.4, -0.2) is 33.3 Å². The minimum absolute atomic E-state index is 0.357. The average Bonchev–Trinajstić information content (AvgIpc) is 3.33. The van der Waals surface area contributed by atoms with Crippen LogP contribution in [0.3, 0.4) is 0 Å². The molecular formula is C25H22N8O2. The van der Waals surface area contributed by atoms with Crippen LogP contribution in [0.1, 0.15) is 0 Å². The first-order valence-electron chi connectivity index (χ1n) is 10.8. The van der Waals surface area contributed by atoms with Gasteiger partial charge in [0.05, 0.1) is 24.5 Å². The highest BCUT2D eigenvalue weighted by Crippen LogP contribution is 2.30. The van der Waals surface area contributed by atoms with E-state index in [1.807, 2.05) is 48.5 Å². The van der Waals surface area contributed by atoms with Crippen molar-refractivity contribution in [1.82, 2.24) is 20.2 Å². The van der Waals surface area contributed by atoms with Gasteiger partial charge in [-0.2, -0.15) is 10.1 Å². The lowest BCUT2D eigenvalue weighted by atomic mass is 10.2. The molecule has 5 aromatic rings. The Kier molecular flexibility index (Phi) is 6.07. The molecule has 0 atom stereocenters.